The molecule has 1 aromatic carbocycles. The van der Waals surface area contributed by atoms with Gasteiger partial charge in [0.1, 0.15) is 0 Å². The first kappa shape index (κ1) is 12.0. The lowest BCUT2D eigenvalue weighted by Crippen LogP contribution is -2.17. The zero-order valence-corrected chi connectivity index (χ0v) is 9.15. The van der Waals surface area contributed by atoms with Crippen LogP contribution in [0.1, 0.15) is 0 Å². The summed E-state index contributed by atoms with van der Waals surface area (Å²) < 4.78 is 44.6. The highest BCUT2D eigenvalue weighted by molar-refractivity contribution is 9.10. The smallest absolute Gasteiger partial charge is 0.492 e. The van der Waals surface area contributed by atoms with Crippen molar-refractivity contribution in [1.29, 1.82) is 0 Å². The van der Waals surface area contributed by atoms with Gasteiger partial charge < -0.3 is 15.2 Å². The Labute approximate surface area is 92.1 Å². The molecule has 0 aliphatic carbocycles. The van der Waals surface area contributed by atoms with Crippen molar-refractivity contribution in [2.45, 2.75) is 6.36 Å². The summed E-state index contributed by atoms with van der Waals surface area (Å²) in [5.74, 6) is -0.529. The van der Waals surface area contributed by atoms with Crippen molar-refractivity contribution in [3.8, 4) is 11.5 Å². The first-order chi connectivity index (χ1) is 6.85. The van der Waals surface area contributed by atoms with Gasteiger partial charge in [0.25, 0.3) is 0 Å². The first-order valence-corrected chi connectivity index (χ1v) is 4.52. The third-order valence-electron chi connectivity index (χ3n) is 1.52. The normalized spacial score (nSPS) is 11.3. The molecule has 84 valence electrons. The Kier molecular flexibility index (Phi) is 3.33. The van der Waals surface area contributed by atoms with Gasteiger partial charge >= 0.3 is 6.36 Å². The second kappa shape index (κ2) is 4.18. The summed E-state index contributed by atoms with van der Waals surface area (Å²) in [5.41, 5.74) is 5.73. The third-order valence-corrected chi connectivity index (χ3v) is 2.34. The number of rotatable bonds is 2. The van der Waals surface area contributed by atoms with Crippen molar-refractivity contribution >= 4 is 21.6 Å². The van der Waals surface area contributed by atoms with Crippen LogP contribution in [0.15, 0.2) is 16.6 Å². The van der Waals surface area contributed by atoms with E-state index in [1.54, 1.807) is 0 Å². The van der Waals surface area contributed by atoms with Gasteiger partial charge in [-0.1, -0.05) is 0 Å². The van der Waals surface area contributed by atoms with Crippen LogP contribution in [0.3, 0.4) is 0 Å². The first-order valence-electron chi connectivity index (χ1n) is 3.73. The van der Waals surface area contributed by atoms with Crippen LogP contribution in [-0.2, 0) is 0 Å². The number of hydrogen-bond donors (Lipinski definition) is 1. The van der Waals surface area contributed by atoms with Gasteiger partial charge in [-0.3, -0.25) is 0 Å². The van der Waals surface area contributed by atoms with E-state index in [0.29, 0.717) is 0 Å². The Morgan fingerprint density at radius 1 is 1.33 bits per heavy atom. The molecule has 0 unspecified atom stereocenters. The van der Waals surface area contributed by atoms with Crippen molar-refractivity contribution in [3.63, 3.8) is 0 Å². The minimum Gasteiger partial charge on any atom is -0.492 e. The highest BCUT2D eigenvalue weighted by Crippen LogP contribution is 2.40. The molecule has 0 saturated heterocycles. The minimum atomic E-state index is -4.76. The fourth-order valence-corrected chi connectivity index (χ4v) is 1.44. The van der Waals surface area contributed by atoms with Crippen LogP contribution >= 0.6 is 15.9 Å². The van der Waals surface area contributed by atoms with Crippen LogP contribution < -0.4 is 15.2 Å². The molecule has 15 heavy (non-hydrogen) atoms. The molecular weight excluding hydrogens is 279 g/mol. The molecule has 0 heterocycles. The number of nitrogen functional groups attached to an aromatic ring is 1. The van der Waals surface area contributed by atoms with E-state index in [1.165, 1.54) is 13.2 Å². The van der Waals surface area contributed by atoms with E-state index in [-0.39, 0.29) is 15.9 Å². The van der Waals surface area contributed by atoms with Gasteiger partial charge in [0.05, 0.1) is 11.6 Å². The number of alkyl halides is 3. The molecule has 1 aromatic rings. The summed E-state index contributed by atoms with van der Waals surface area (Å²) in [7, 11) is 1.22. The maximum atomic E-state index is 12.0. The quantitative estimate of drug-likeness (QED) is 0.850. The van der Waals surface area contributed by atoms with Gasteiger partial charge in [-0.15, -0.1) is 13.2 Å². The Morgan fingerprint density at radius 3 is 2.40 bits per heavy atom. The van der Waals surface area contributed by atoms with E-state index < -0.39 is 12.1 Å². The van der Waals surface area contributed by atoms with Crippen molar-refractivity contribution in [3.05, 3.63) is 16.6 Å². The maximum Gasteiger partial charge on any atom is 0.573 e. The summed E-state index contributed by atoms with van der Waals surface area (Å²) in [6.07, 6.45) is -4.76. The highest BCUT2D eigenvalue weighted by atomic mass is 79.9. The van der Waals surface area contributed by atoms with Gasteiger partial charge in [0.2, 0.25) is 0 Å². The van der Waals surface area contributed by atoms with E-state index in [4.69, 9.17) is 10.5 Å². The molecule has 2 N–H and O–H groups in total. The molecule has 0 saturated carbocycles. The zero-order chi connectivity index (χ0) is 11.6. The number of methoxy groups -OCH3 is 1. The Bertz CT molecular complexity index is 368. The van der Waals surface area contributed by atoms with Crippen LogP contribution in [-0.4, -0.2) is 13.5 Å². The number of hydrogen-bond acceptors (Lipinski definition) is 3. The van der Waals surface area contributed by atoms with Crippen molar-refractivity contribution in [1.82, 2.24) is 0 Å². The lowest BCUT2D eigenvalue weighted by Gasteiger charge is -2.14. The Hall–Kier alpha value is -1.11. The minimum absolute atomic E-state index is 0.0904. The molecule has 0 spiro atoms. The number of anilines is 1. The predicted octanol–water partition coefficient (Wildman–Crippen LogP) is 2.94. The fourth-order valence-electron chi connectivity index (χ4n) is 0.949. The van der Waals surface area contributed by atoms with E-state index in [1.807, 2.05) is 0 Å². The third kappa shape index (κ3) is 2.92. The fraction of sp³-hybridized carbons (Fsp3) is 0.250. The number of benzene rings is 1. The molecule has 0 aliphatic heterocycles. The van der Waals surface area contributed by atoms with Crippen LogP contribution in [0.25, 0.3) is 0 Å². The van der Waals surface area contributed by atoms with Crippen molar-refractivity contribution in [2.24, 2.45) is 0 Å². The van der Waals surface area contributed by atoms with Gasteiger partial charge in [-0.25, -0.2) is 0 Å². The lowest BCUT2D eigenvalue weighted by molar-refractivity contribution is -0.275. The molecule has 0 radical (unpaired) electrons. The monoisotopic (exact) mass is 285 g/mol. The van der Waals surface area contributed by atoms with E-state index in [0.717, 1.165) is 6.07 Å². The molecule has 0 bridgehead atoms. The van der Waals surface area contributed by atoms with Crippen LogP contribution in [0, 0.1) is 0 Å². The van der Waals surface area contributed by atoms with Gasteiger partial charge in [-0.05, 0) is 28.1 Å². The molecule has 0 amide bonds. The molecule has 0 aliphatic rings. The largest absolute Gasteiger partial charge is 0.573 e. The Balaban J connectivity index is 3.14. The number of ether oxygens (including phenoxy) is 2. The molecule has 1 rings (SSSR count). The maximum absolute atomic E-state index is 12.0. The number of halogens is 4. The molecule has 3 nitrogen and oxygen atoms in total. The Morgan fingerprint density at radius 2 is 1.93 bits per heavy atom. The topological polar surface area (TPSA) is 44.5 Å². The molecule has 0 atom stereocenters. The molecule has 7 heteroatoms. The summed E-state index contributed by atoms with van der Waals surface area (Å²) >= 11 is 3.00. The second-order valence-corrected chi connectivity index (χ2v) is 3.34. The van der Waals surface area contributed by atoms with E-state index in [9.17, 15) is 13.2 Å². The lowest BCUT2D eigenvalue weighted by atomic mass is 10.3. The average molecular weight is 286 g/mol. The second-order valence-electron chi connectivity index (χ2n) is 2.55. The SMILES string of the molecule is COc1c(OC(F)(F)F)ccc(N)c1Br. The molecule has 0 fully saturated rings. The van der Waals surface area contributed by atoms with E-state index in [2.05, 4.69) is 20.7 Å². The van der Waals surface area contributed by atoms with Gasteiger partial charge in [-0.2, -0.15) is 0 Å². The van der Waals surface area contributed by atoms with E-state index >= 15 is 0 Å². The predicted molar refractivity (Wildman–Crippen MR) is 51.8 cm³/mol. The standard InChI is InChI=1S/C8H7BrF3NO2/c1-14-7-5(15-8(10,11)12)3-2-4(13)6(7)9/h2-3H,13H2,1H3. The van der Waals surface area contributed by atoms with Crippen molar-refractivity contribution in [2.75, 3.05) is 12.8 Å². The molecular formula is C8H7BrF3NO2. The number of nitrogens with two attached hydrogens (primary N) is 1. The van der Waals surface area contributed by atoms with Crippen molar-refractivity contribution < 1.29 is 22.6 Å². The zero-order valence-electron chi connectivity index (χ0n) is 7.56. The van der Waals surface area contributed by atoms with Gasteiger partial charge in [0.15, 0.2) is 11.5 Å². The van der Waals surface area contributed by atoms with Crippen LogP contribution in [0.5, 0.6) is 11.5 Å². The highest BCUT2D eigenvalue weighted by Gasteiger charge is 2.33. The molecule has 0 aromatic heterocycles. The summed E-state index contributed by atoms with van der Waals surface area (Å²) in [6, 6.07) is 2.38. The van der Waals surface area contributed by atoms with Crippen LogP contribution in [0.4, 0.5) is 18.9 Å². The summed E-state index contributed by atoms with van der Waals surface area (Å²) in [5, 5.41) is 0. The van der Waals surface area contributed by atoms with Gasteiger partial charge in [0, 0.05) is 5.69 Å². The average Bonchev–Trinajstić information content (AvgIpc) is 2.10. The summed E-state index contributed by atoms with van der Waals surface area (Å²) in [6.45, 7) is 0. The summed E-state index contributed by atoms with van der Waals surface area (Å²) in [4.78, 5) is 0. The van der Waals surface area contributed by atoms with Crippen LogP contribution in [0.2, 0.25) is 0 Å².